The van der Waals surface area contributed by atoms with Gasteiger partial charge < -0.3 is 9.88 Å². The Morgan fingerprint density at radius 1 is 1.24 bits per heavy atom. The molecule has 0 aliphatic rings. The van der Waals surface area contributed by atoms with Crippen molar-refractivity contribution in [1.29, 1.82) is 0 Å². The molecular weight excluding hydrogens is 212 g/mol. The first-order valence-electron chi connectivity index (χ1n) is 5.26. The van der Waals surface area contributed by atoms with E-state index >= 15 is 0 Å². The van der Waals surface area contributed by atoms with Crippen molar-refractivity contribution in [3.63, 3.8) is 0 Å². The second kappa shape index (κ2) is 5.04. The van der Waals surface area contributed by atoms with Crippen molar-refractivity contribution in [2.75, 3.05) is 6.54 Å². The van der Waals surface area contributed by atoms with Gasteiger partial charge in [-0.15, -0.1) is 6.42 Å². The van der Waals surface area contributed by atoms with Gasteiger partial charge in [0, 0.05) is 23.6 Å². The molecule has 17 heavy (non-hydrogen) atoms. The summed E-state index contributed by atoms with van der Waals surface area (Å²) in [5.41, 5.74) is 1.62. The molecule has 3 heteroatoms. The number of carbonyl (C=O) groups excluding carboxylic acids is 1. The normalized spacial score (nSPS) is 9.59. The van der Waals surface area contributed by atoms with Gasteiger partial charge in [-0.3, -0.25) is 4.79 Å². The number of carbonyl (C=O) groups is 1. The molecule has 1 aromatic carbocycles. The fraction of sp³-hybridized carbons (Fsp3) is 0.0714. The number of hydrogen-bond donors (Lipinski definition) is 1. The standard InChI is InChI=1S/C14H12N2O/c1-2-9-15-14(17)12-5-7-13(8-6-12)16-10-3-4-11-16/h1,3-8,10-11H,9H2,(H,15,17). The lowest BCUT2D eigenvalue weighted by atomic mass is 10.2. The minimum absolute atomic E-state index is 0.151. The fourth-order valence-corrected chi connectivity index (χ4v) is 1.52. The summed E-state index contributed by atoms with van der Waals surface area (Å²) in [5.74, 6) is 2.22. The molecule has 0 unspecified atom stereocenters. The van der Waals surface area contributed by atoms with Gasteiger partial charge in [-0.1, -0.05) is 5.92 Å². The number of benzene rings is 1. The quantitative estimate of drug-likeness (QED) is 0.793. The van der Waals surface area contributed by atoms with Gasteiger partial charge in [-0.2, -0.15) is 0 Å². The van der Waals surface area contributed by atoms with Gasteiger partial charge in [-0.05, 0) is 36.4 Å². The third-order valence-electron chi connectivity index (χ3n) is 2.38. The van der Waals surface area contributed by atoms with E-state index in [1.807, 2.05) is 41.2 Å². The van der Waals surface area contributed by atoms with Gasteiger partial charge in [-0.25, -0.2) is 0 Å². The summed E-state index contributed by atoms with van der Waals surface area (Å²) in [6.45, 7) is 0.248. The minimum Gasteiger partial charge on any atom is -0.341 e. The van der Waals surface area contributed by atoms with Crippen LogP contribution in [0.15, 0.2) is 48.8 Å². The van der Waals surface area contributed by atoms with E-state index in [1.54, 1.807) is 12.1 Å². The molecule has 1 aromatic heterocycles. The number of hydrogen-bond acceptors (Lipinski definition) is 1. The molecule has 0 spiro atoms. The highest BCUT2D eigenvalue weighted by Gasteiger charge is 2.03. The number of nitrogens with one attached hydrogen (secondary N) is 1. The highest BCUT2D eigenvalue weighted by molar-refractivity contribution is 5.94. The molecule has 0 aliphatic heterocycles. The molecule has 3 nitrogen and oxygen atoms in total. The Labute approximate surface area is 100 Å². The Bertz CT molecular complexity index is 533. The minimum atomic E-state index is -0.151. The van der Waals surface area contributed by atoms with Crippen LogP contribution in [0.25, 0.3) is 5.69 Å². The largest absolute Gasteiger partial charge is 0.341 e. The van der Waals surface area contributed by atoms with Gasteiger partial charge in [0.25, 0.3) is 5.91 Å². The molecule has 0 aliphatic carbocycles. The van der Waals surface area contributed by atoms with E-state index in [2.05, 4.69) is 11.2 Å². The predicted molar refractivity (Wildman–Crippen MR) is 66.9 cm³/mol. The summed E-state index contributed by atoms with van der Waals surface area (Å²) < 4.78 is 1.98. The lowest BCUT2D eigenvalue weighted by Crippen LogP contribution is -2.23. The summed E-state index contributed by atoms with van der Waals surface area (Å²) in [7, 11) is 0. The SMILES string of the molecule is C#CCNC(=O)c1ccc(-n2cccc2)cc1. The Balaban J connectivity index is 2.14. The zero-order valence-corrected chi connectivity index (χ0v) is 9.26. The maximum absolute atomic E-state index is 11.6. The zero-order valence-electron chi connectivity index (χ0n) is 9.26. The molecule has 0 saturated carbocycles. The van der Waals surface area contributed by atoms with E-state index in [0.717, 1.165) is 5.69 Å². The molecule has 0 radical (unpaired) electrons. The second-order valence-electron chi connectivity index (χ2n) is 3.52. The number of rotatable bonds is 3. The monoisotopic (exact) mass is 224 g/mol. The Morgan fingerprint density at radius 2 is 1.88 bits per heavy atom. The second-order valence-corrected chi connectivity index (χ2v) is 3.52. The molecule has 1 heterocycles. The highest BCUT2D eigenvalue weighted by atomic mass is 16.1. The predicted octanol–water partition coefficient (Wildman–Crippen LogP) is 1.84. The van der Waals surface area contributed by atoms with Crippen molar-refractivity contribution in [2.45, 2.75) is 0 Å². The molecule has 1 amide bonds. The third kappa shape index (κ3) is 2.56. The van der Waals surface area contributed by atoms with Crippen LogP contribution in [0.5, 0.6) is 0 Å². The van der Waals surface area contributed by atoms with Crippen molar-refractivity contribution in [1.82, 2.24) is 9.88 Å². The third-order valence-corrected chi connectivity index (χ3v) is 2.38. The summed E-state index contributed by atoms with van der Waals surface area (Å²) in [6, 6.07) is 11.2. The van der Waals surface area contributed by atoms with Gasteiger partial charge in [0.2, 0.25) is 0 Å². The van der Waals surface area contributed by atoms with Crippen molar-refractivity contribution in [2.24, 2.45) is 0 Å². The lowest BCUT2D eigenvalue weighted by Gasteiger charge is -2.05. The van der Waals surface area contributed by atoms with Crippen LogP contribution < -0.4 is 5.32 Å². The van der Waals surface area contributed by atoms with Gasteiger partial charge in [0.05, 0.1) is 6.54 Å². The van der Waals surface area contributed by atoms with Crippen molar-refractivity contribution in [3.05, 3.63) is 54.4 Å². The smallest absolute Gasteiger partial charge is 0.252 e. The maximum atomic E-state index is 11.6. The first kappa shape index (κ1) is 11.0. The number of amides is 1. The highest BCUT2D eigenvalue weighted by Crippen LogP contribution is 2.09. The fourth-order valence-electron chi connectivity index (χ4n) is 1.52. The Hall–Kier alpha value is -2.47. The van der Waals surface area contributed by atoms with E-state index < -0.39 is 0 Å². The Kier molecular flexibility index (Phi) is 3.27. The molecule has 2 aromatic rings. The number of nitrogens with zero attached hydrogens (tertiary/aromatic N) is 1. The summed E-state index contributed by atoms with van der Waals surface area (Å²) >= 11 is 0. The van der Waals surface area contributed by atoms with Gasteiger partial charge in [0.1, 0.15) is 0 Å². The van der Waals surface area contributed by atoms with Crippen LogP contribution in [0.2, 0.25) is 0 Å². The topological polar surface area (TPSA) is 34.0 Å². The van der Waals surface area contributed by atoms with Gasteiger partial charge in [0.15, 0.2) is 0 Å². The van der Waals surface area contributed by atoms with E-state index in [4.69, 9.17) is 6.42 Å². The lowest BCUT2D eigenvalue weighted by molar-refractivity contribution is 0.0958. The molecule has 84 valence electrons. The van der Waals surface area contributed by atoms with E-state index in [0.29, 0.717) is 5.56 Å². The van der Waals surface area contributed by atoms with Crippen LogP contribution in [0, 0.1) is 12.3 Å². The first-order chi connectivity index (χ1) is 8.31. The van der Waals surface area contributed by atoms with Crippen LogP contribution in [-0.4, -0.2) is 17.0 Å². The molecule has 0 fully saturated rings. The van der Waals surface area contributed by atoms with Crippen LogP contribution in [0.3, 0.4) is 0 Å². The molecule has 0 saturated heterocycles. The molecule has 2 rings (SSSR count). The Morgan fingerprint density at radius 3 is 2.47 bits per heavy atom. The maximum Gasteiger partial charge on any atom is 0.252 e. The van der Waals surface area contributed by atoms with Gasteiger partial charge >= 0.3 is 0 Å². The van der Waals surface area contributed by atoms with Crippen LogP contribution in [0.4, 0.5) is 0 Å². The number of terminal acetylenes is 1. The first-order valence-corrected chi connectivity index (χ1v) is 5.26. The molecule has 1 N–H and O–H groups in total. The summed E-state index contributed by atoms with van der Waals surface area (Å²) in [6.07, 6.45) is 8.98. The molecular formula is C14H12N2O. The zero-order chi connectivity index (χ0) is 12.1. The summed E-state index contributed by atoms with van der Waals surface area (Å²) in [5, 5.41) is 2.62. The van der Waals surface area contributed by atoms with E-state index in [-0.39, 0.29) is 12.5 Å². The van der Waals surface area contributed by atoms with Crippen molar-refractivity contribution < 1.29 is 4.79 Å². The summed E-state index contributed by atoms with van der Waals surface area (Å²) in [4.78, 5) is 11.6. The average Bonchev–Trinajstić information content (AvgIpc) is 2.90. The average molecular weight is 224 g/mol. The van der Waals surface area contributed by atoms with E-state index in [1.165, 1.54) is 0 Å². The van der Waals surface area contributed by atoms with Crippen molar-refractivity contribution in [3.8, 4) is 18.0 Å². The number of aromatic nitrogens is 1. The van der Waals surface area contributed by atoms with Crippen LogP contribution >= 0.6 is 0 Å². The van der Waals surface area contributed by atoms with E-state index in [9.17, 15) is 4.79 Å². The van der Waals surface area contributed by atoms with Crippen LogP contribution in [-0.2, 0) is 0 Å². The van der Waals surface area contributed by atoms with Crippen LogP contribution in [0.1, 0.15) is 10.4 Å². The molecule has 0 atom stereocenters. The van der Waals surface area contributed by atoms with Crippen molar-refractivity contribution >= 4 is 5.91 Å². The molecule has 0 bridgehead atoms.